The van der Waals surface area contributed by atoms with Gasteiger partial charge in [-0.3, -0.25) is 34.5 Å². The van der Waals surface area contributed by atoms with Crippen molar-refractivity contribution in [3.05, 3.63) is 175 Å². The van der Waals surface area contributed by atoms with Gasteiger partial charge in [-0.15, -0.1) is 0 Å². The van der Waals surface area contributed by atoms with E-state index in [1.165, 1.54) is 53.1 Å². The minimum Gasteiger partial charge on any atom is -0.268 e. The summed E-state index contributed by atoms with van der Waals surface area (Å²) in [6, 6.07) is 32.5. The molecule has 6 aromatic rings. The highest BCUT2D eigenvalue weighted by molar-refractivity contribution is 8.04. The highest BCUT2D eigenvalue weighted by Crippen LogP contribution is 2.45. The molecule has 5 aromatic carbocycles. The van der Waals surface area contributed by atoms with Gasteiger partial charge in [0.25, 0.3) is 23.1 Å². The predicted octanol–water partition coefficient (Wildman–Crippen LogP) is 7.37. The number of carbonyl (C=O) groups excluding carboxylic acids is 2. The van der Waals surface area contributed by atoms with Gasteiger partial charge in [0.15, 0.2) is 0 Å². The molecule has 10 nitrogen and oxygen atoms in total. The zero-order valence-electron chi connectivity index (χ0n) is 26.3. The van der Waals surface area contributed by atoms with Crippen molar-refractivity contribution >= 4 is 46.2 Å². The number of nitro groups is 1. The molecule has 1 saturated heterocycles. The van der Waals surface area contributed by atoms with Gasteiger partial charge < -0.3 is 0 Å². The van der Waals surface area contributed by atoms with Gasteiger partial charge in [-0.25, -0.2) is 14.4 Å². The maximum absolute atomic E-state index is 13.8. The van der Waals surface area contributed by atoms with Crippen LogP contribution in [-0.4, -0.2) is 31.3 Å². The van der Waals surface area contributed by atoms with Gasteiger partial charge in [-0.2, -0.15) is 0 Å². The van der Waals surface area contributed by atoms with Crippen LogP contribution in [0.15, 0.2) is 131 Å². The number of non-ortho nitro benzene ring substituents is 1. The van der Waals surface area contributed by atoms with E-state index >= 15 is 0 Å². The first-order chi connectivity index (χ1) is 24.2. The van der Waals surface area contributed by atoms with Crippen LogP contribution in [0.1, 0.15) is 32.4 Å². The Balaban J connectivity index is 1.21. The first kappa shape index (κ1) is 32.2. The Kier molecular flexibility index (Phi) is 8.52. The van der Waals surface area contributed by atoms with E-state index in [0.717, 1.165) is 27.9 Å². The number of fused-ring (bicyclic) bond motifs is 1. The van der Waals surface area contributed by atoms with Gasteiger partial charge in [-0.1, -0.05) is 78.0 Å². The Morgan fingerprint density at radius 2 is 1.64 bits per heavy atom. The van der Waals surface area contributed by atoms with E-state index in [4.69, 9.17) is 4.98 Å². The van der Waals surface area contributed by atoms with Crippen LogP contribution in [0.3, 0.4) is 0 Å². The fourth-order valence-electron chi connectivity index (χ4n) is 5.58. The number of hydrogen-bond donors (Lipinski definition) is 1. The molecule has 246 valence electrons. The van der Waals surface area contributed by atoms with Crippen LogP contribution in [0, 0.1) is 22.9 Å². The van der Waals surface area contributed by atoms with Crippen LogP contribution in [-0.2, 0) is 4.79 Å². The zero-order chi connectivity index (χ0) is 34.9. The van der Waals surface area contributed by atoms with Crippen molar-refractivity contribution in [2.45, 2.75) is 12.3 Å². The molecule has 12 heteroatoms. The maximum atomic E-state index is 13.8. The van der Waals surface area contributed by atoms with Crippen LogP contribution in [0.2, 0.25) is 0 Å². The summed E-state index contributed by atoms with van der Waals surface area (Å²) in [5.41, 5.74) is 6.32. The van der Waals surface area contributed by atoms with Crippen molar-refractivity contribution < 1.29 is 18.9 Å². The third-order valence-corrected chi connectivity index (χ3v) is 9.38. The summed E-state index contributed by atoms with van der Waals surface area (Å²) >= 11 is 1.12. The largest absolute Gasteiger partial charge is 0.280 e. The molecule has 7 rings (SSSR count). The number of hydrazine groups is 1. The summed E-state index contributed by atoms with van der Waals surface area (Å²) < 4.78 is 15.3. The highest BCUT2D eigenvalue weighted by atomic mass is 32.2. The number of halogens is 1. The van der Waals surface area contributed by atoms with E-state index in [1.807, 2.05) is 37.3 Å². The Bertz CT molecular complexity index is 2390. The first-order valence-corrected chi connectivity index (χ1v) is 16.3. The summed E-state index contributed by atoms with van der Waals surface area (Å²) in [7, 11) is 0. The van der Waals surface area contributed by atoms with Crippen LogP contribution >= 0.6 is 11.8 Å². The van der Waals surface area contributed by atoms with Crippen LogP contribution in [0.5, 0.6) is 0 Å². The van der Waals surface area contributed by atoms with E-state index in [-0.39, 0.29) is 21.7 Å². The van der Waals surface area contributed by atoms with Gasteiger partial charge >= 0.3 is 0 Å². The number of carbonyl (C=O) groups is 2. The number of thioether (sulfide) groups is 1. The molecule has 1 atom stereocenters. The number of aryl methyl sites for hydroxylation is 1. The Hall–Kier alpha value is -6.40. The van der Waals surface area contributed by atoms with Crippen molar-refractivity contribution in [3.63, 3.8) is 0 Å². The summed E-state index contributed by atoms with van der Waals surface area (Å²) in [6.07, 6.45) is 1.51. The molecule has 1 unspecified atom stereocenters. The van der Waals surface area contributed by atoms with E-state index in [9.17, 15) is 28.9 Å². The fraction of sp³-hybridized carbons (Fsp3) is 0.0526. The number of para-hydroxylation sites is 1. The van der Waals surface area contributed by atoms with Crippen molar-refractivity contribution in [2.24, 2.45) is 0 Å². The average molecular weight is 684 g/mol. The van der Waals surface area contributed by atoms with Crippen LogP contribution in [0.25, 0.3) is 34.1 Å². The molecule has 0 bridgehead atoms. The second-order valence-electron chi connectivity index (χ2n) is 11.5. The van der Waals surface area contributed by atoms with E-state index < -0.39 is 27.9 Å². The molecular weight excluding hydrogens is 658 g/mol. The second-order valence-corrected chi connectivity index (χ2v) is 12.6. The van der Waals surface area contributed by atoms with Crippen molar-refractivity contribution in [2.75, 3.05) is 0 Å². The van der Waals surface area contributed by atoms with Crippen LogP contribution < -0.4 is 11.0 Å². The smallest absolute Gasteiger partial charge is 0.268 e. The van der Waals surface area contributed by atoms with E-state index in [1.54, 1.807) is 48.5 Å². The Labute approximate surface area is 288 Å². The third-order valence-electron chi connectivity index (χ3n) is 8.13. The highest BCUT2D eigenvalue weighted by Gasteiger charge is 2.39. The SMILES string of the molecule is Cc1ccc(-c2nc3ccccc3c(=O)n2-c2ccc(C(=O)NN3C(=O)/C(=C/c4cccc([N+](=O)[O-])c4)SC3c3ccc(F)cc3)cc2)cc1. The molecule has 50 heavy (non-hydrogen) atoms. The van der Waals surface area contributed by atoms with E-state index in [2.05, 4.69) is 5.43 Å². The molecule has 1 aliphatic heterocycles. The molecule has 1 aromatic heterocycles. The number of benzene rings is 5. The lowest BCUT2D eigenvalue weighted by atomic mass is 10.1. The van der Waals surface area contributed by atoms with Gasteiger partial charge in [0.2, 0.25) is 0 Å². The van der Waals surface area contributed by atoms with Gasteiger partial charge in [0, 0.05) is 23.3 Å². The number of hydrogen-bond acceptors (Lipinski definition) is 7. The number of aromatic nitrogens is 2. The lowest BCUT2D eigenvalue weighted by molar-refractivity contribution is -0.384. The minimum absolute atomic E-state index is 0.133. The van der Waals surface area contributed by atoms with Crippen molar-refractivity contribution in [1.82, 2.24) is 20.0 Å². The van der Waals surface area contributed by atoms with Crippen molar-refractivity contribution in [3.8, 4) is 17.1 Å². The molecule has 2 heterocycles. The van der Waals surface area contributed by atoms with E-state index in [0.29, 0.717) is 33.5 Å². The number of rotatable bonds is 7. The third kappa shape index (κ3) is 6.27. The number of nitrogens with zero attached hydrogens (tertiary/aromatic N) is 4. The summed E-state index contributed by atoms with van der Waals surface area (Å²) in [5, 5.41) is 12.1. The molecular formula is C38H26FN5O5S. The zero-order valence-corrected chi connectivity index (χ0v) is 27.1. The minimum atomic E-state index is -0.754. The molecule has 0 aliphatic carbocycles. The average Bonchev–Trinajstić information content (AvgIpc) is 3.42. The quantitative estimate of drug-likeness (QED) is 0.106. The summed E-state index contributed by atoms with van der Waals surface area (Å²) in [4.78, 5) is 56.9. The Morgan fingerprint density at radius 1 is 0.920 bits per heavy atom. The summed E-state index contributed by atoms with van der Waals surface area (Å²) in [6.45, 7) is 1.97. The van der Waals surface area contributed by atoms with Gasteiger partial charge in [-0.05, 0) is 72.7 Å². The molecule has 1 fully saturated rings. The first-order valence-electron chi connectivity index (χ1n) is 15.4. The molecule has 2 amide bonds. The number of nitrogens with one attached hydrogen (secondary N) is 1. The molecule has 0 saturated carbocycles. The number of amides is 2. The molecule has 0 spiro atoms. The maximum Gasteiger partial charge on any atom is 0.280 e. The second kappa shape index (κ2) is 13.2. The molecule has 0 radical (unpaired) electrons. The van der Waals surface area contributed by atoms with Crippen molar-refractivity contribution in [1.29, 1.82) is 0 Å². The standard InChI is InChI=1S/C38H26FN5O5S/c1-23-9-11-25(12-10-23)34-40-32-8-3-2-7-31(32)36(46)42(34)29-19-15-26(16-20-29)35(45)41-43-37(47)33(22-24-5-4-6-30(21-24)44(48)49)50-38(43)27-13-17-28(39)18-14-27/h2-22,38H,1H3,(H,41,45)/b33-22-. The van der Waals surface area contributed by atoms with Gasteiger partial charge in [0.1, 0.15) is 17.0 Å². The van der Waals surface area contributed by atoms with Gasteiger partial charge in [0.05, 0.1) is 26.4 Å². The number of nitro benzene ring substituents is 1. The topological polar surface area (TPSA) is 127 Å². The summed E-state index contributed by atoms with van der Waals surface area (Å²) in [5.74, 6) is -1.16. The fourth-order valence-corrected chi connectivity index (χ4v) is 6.77. The van der Waals surface area contributed by atoms with Crippen LogP contribution in [0.4, 0.5) is 10.1 Å². The predicted molar refractivity (Wildman–Crippen MR) is 190 cm³/mol. The lowest BCUT2D eigenvalue weighted by Crippen LogP contribution is -2.44. The Morgan fingerprint density at radius 3 is 2.36 bits per heavy atom. The molecule has 1 aliphatic rings. The monoisotopic (exact) mass is 683 g/mol. The lowest BCUT2D eigenvalue weighted by Gasteiger charge is -2.24. The molecule has 1 N–H and O–H groups in total. The normalized spacial score (nSPS) is 15.1.